The third-order valence-corrected chi connectivity index (χ3v) is 12.1. The number of hydrogen-bond donors (Lipinski definition) is 5. The summed E-state index contributed by atoms with van der Waals surface area (Å²) in [5.41, 5.74) is -4.30. The van der Waals surface area contributed by atoms with Crippen molar-refractivity contribution in [1.82, 2.24) is 4.90 Å². The van der Waals surface area contributed by atoms with Gasteiger partial charge in [0.2, 0.25) is 0 Å². The summed E-state index contributed by atoms with van der Waals surface area (Å²) in [4.78, 5) is 21.3. The van der Waals surface area contributed by atoms with Crippen molar-refractivity contribution in [3.63, 3.8) is 0 Å². The van der Waals surface area contributed by atoms with E-state index in [9.17, 15) is 30.3 Å². The number of esters is 1. The molecule has 3 fully saturated rings. The molecule has 0 bridgehead atoms. The van der Waals surface area contributed by atoms with Gasteiger partial charge in [-0.2, -0.15) is 0 Å². The lowest BCUT2D eigenvalue weighted by Crippen LogP contribution is -2.61. The third-order valence-electron chi connectivity index (χ3n) is 12.1. The first-order valence-electron chi connectivity index (χ1n) is 19.1. The van der Waals surface area contributed by atoms with Crippen LogP contribution in [0.5, 0.6) is 0 Å². The second-order valence-corrected chi connectivity index (χ2v) is 16.8. The van der Waals surface area contributed by atoms with Crippen LogP contribution in [0, 0.1) is 23.7 Å². The molecule has 3 saturated heterocycles. The lowest BCUT2D eigenvalue weighted by Gasteiger charge is -2.49. The monoisotopic (exact) mass is 762 g/mol. The number of cyclic esters (lactones) is 1. The first kappa shape index (κ1) is 45.9. The van der Waals surface area contributed by atoms with Crippen LogP contribution in [0.15, 0.2) is 5.16 Å². The van der Waals surface area contributed by atoms with E-state index < -0.39 is 102 Å². The van der Waals surface area contributed by atoms with Crippen molar-refractivity contribution in [3.05, 3.63) is 0 Å². The zero-order valence-corrected chi connectivity index (χ0v) is 34.4. The molecule has 15 nitrogen and oxygen atoms in total. The summed E-state index contributed by atoms with van der Waals surface area (Å²) in [6.45, 7) is 17.0. The fourth-order valence-electron chi connectivity index (χ4n) is 8.70. The van der Waals surface area contributed by atoms with Crippen LogP contribution in [0.3, 0.4) is 0 Å². The van der Waals surface area contributed by atoms with Crippen molar-refractivity contribution in [2.24, 2.45) is 28.8 Å². The van der Waals surface area contributed by atoms with Crippen LogP contribution in [0.1, 0.15) is 94.9 Å². The molecule has 53 heavy (non-hydrogen) atoms. The Balaban J connectivity index is 2.23. The minimum atomic E-state index is -1.91. The maximum absolute atomic E-state index is 14.2. The molecular formula is C38H70N2O13. The van der Waals surface area contributed by atoms with E-state index in [1.165, 1.54) is 21.1 Å². The molecule has 310 valence electrons. The Morgan fingerprint density at radius 1 is 0.906 bits per heavy atom. The van der Waals surface area contributed by atoms with Crippen molar-refractivity contribution in [2.45, 2.75) is 179 Å². The highest BCUT2D eigenvalue weighted by Gasteiger charge is 2.53. The van der Waals surface area contributed by atoms with Gasteiger partial charge in [-0.25, -0.2) is 0 Å². The highest BCUT2D eigenvalue weighted by Crippen LogP contribution is 2.41. The Morgan fingerprint density at radius 3 is 2.08 bits per heavy atom. The van der Waals surface area contributed by atoms with E-state index in [0.29, 0.717) is 12.1 Å². The highest BCUT2D eigenvalue weighted by molar-refractivity contribution is 5.88. The second kappa shape index (κ2) is 18.2. The summed E-state index contributed by atoms with van der Waals surface area (Å²) < 4.78 is 37.4. The number of likely N-dealkylation sites (N-methyl/N-ethyl adjacent to an activating group) is 1. The molecule has 3 rings (SSSR count). The molecule has 0 aromatic rings. The Morgan fingerprint density at radius 2 is 1.53 bits per heavy atom. The summed E-state index contributed by atoms with van der Waals surface area (Å²) in [7, 11) is 6.60. The average Bonchev–Trinajstić information content (AvgIpc) is 3.08. The Bertz CT molecular complexity index is 1220. The summed E-state index contributed by atoms with van der Waals surface area (Å²) in [5, 5.41) is 62.8. The Hall–Kier alpha value is -1.50. The van der Waals surface area contributed by atoms with Gasteiger partial charge in [-0.3, -0.25) is 4.79 Å². The van der Waals surface area contributed by atoms with E-state index >= 15 is 0 Å². The number of nitrogens with zero attached hydrogens (tertiary/aromatic N) is 2. The van der Waals surface area contributed by atoms with Gasteiger partial charge in [0.05, 0.1) is 53.4 Å². The normalized spacial score (nSPS) is 49.0. The Labute approximate surface area is 316 Å². The molecule has 5 N–H and O–H groups in total. The summed E-state index contributed by atoms with van der Waals surface area (Å²) in [6, 6.07) is -0.306. The average molecular weight is 763 g/mol. The fourth-order valence-corrected chi connectivity index (χ4v) is 8.70. The molecule has 0 spiro atoms. The molecule has 3 heterocycles. The van der Waals surface area contributed by atoms with Gasteiger partial charge in [-0.1, -0.05) is 32.9 Å². The van der Waals surface area contributed by atoms with Crippen LogP contribution in [0.4, 0.5) is 0 Å². The minimum Gasteiger partial charge on any atom is -0.459 e. The standard InChI is InChI=1S/C38H70N2O13/c1-15-26-38(10,46)31(42)21(4)28(39-48-14)19(2)17-36(8,45)33(53-35-29(41)25(40(11)12)16-20(3)49-35)22(5)30(23(6)34(44)51-26)52-27-18-37(9,47-13)32(43)24(7)50-27/h19-27,29-33,35,41-43,45-46H,15-18H2,1-14H3/b39-28+/t19-,20-,21+,22+,23-,24+,25+,26-,27+,29-,30+,31-,32+,33-,35+,36+,37-,38-/m1/s1. The lowest BCUT2D eigenvalue weighted by atomic mass is 9.73. The highest BCUT2D eigenvalue weighted by atomic mass is 16.7. The maximum atomic E-state index is 14.2. The Kier molecular flexibility index (Phi) is 15.7. The van der Waals surface area contributed by atoms with E-state index in [1.807, 2.05) is 32.8 Å². The molecule has 3 aliphatic rings. The molecular weight excluding hydrogens is 692 g/mol. The predicted molar refractivity (Wildman–Crippen MR) is 196 cm³/mol. The topological polar surface area (TPSA) is 198 Å². The first-order chi connectivity index (χ1) is 24.5. The van der Waals surface area contributed by atoms with Gasteiger partial charge >= 0.3 is 5.97 Å². The molecule has 0 radical (unpaired) electrons. The van der Waals surface area contributed by atoms with Crippen LogP contribution in [0.2, 0.25) is 0 Å². The largest absolute Gasteiger partial charge is 0.459 e. The molecule has 15 heteroatoms. The van der Waals surface area contributed by atoms with Gasteiger partial charge in [0.1, 0.15) is 31.0 Å². The molecule has 3 aliphatic heterocycles. The molecule has 0 aliphatic carbocycles. The van der Waals surface area contributed by atoms with E-state index in [1.54, 1.807) is 48.5 Å². The van der Waals surface area contributed by atoms with Gasteiger partial charge in [-0.15, -0.1) is 0 Å². The van der Waals surface area contributed by atoms with Crippen molar-refractivity contribution >= 4 is 11.7 Å². The number of oxime groups is 1. The quantitative estimate of drug-likeness (QED) is 0.178. The van der Waals surface area contributed by atoms with Gasteiger partial charge in [-0.05, 0) is 74.9 Å². The second-order valence-electron chi connectivity index (χ2n) is 16.8. The first-order valence-corrected chi connectivity index (χ1v) is 19.1. The number of methoxy groups -OCH3 is 1. The predicted octanol–water partition coefficient (Wildman–Crippen LogP) is 2.22. The number of aliphatic hydroxyl groups is 5. The number of aliphatic hydroxyl groups excluding tert-OH is 3. The molecule has 18 atom stereocenters. The summed E-state index contributed by atoms with van der Waals surface area (Å²) >= 11 is 0. The summed E-state index contributed by atoms with van der Waals surface area (Å²) in [5.74, 6) is -3.90. The minimum absolute atomic E-state index is 0.0204. The van der Waals surface area contributed by atoms with E-state index in [-0.39, 0.29) is 31.4 Å². The van der Waals surface area contributed by atoms with Gasteiger partial charge in [0.25, 0.3) is 0 Å². The molecule has 0 amide bonds. The van der Waals surface area contributed by atoms with E-state index in [4.69, 9.17) is 33.3 Å². The van der Waals surface area contributed by atoms with Crippen LogP contribution in [-0.2, 0) is 38.1 Å². The third kappa shape index (κ3) is 10.1. The molecule has 0 aromatic heterocycles. The van der Waals surface area contributed by atoms with Crippen molar-refractivity contribution in [3.8, 4) is 0 Å². The fraction of sp³-hybridized carbons (Fsp3) is 0.947. The van der Waals surface area contributed by atoms with Crippen molar-refractivity contribution < 1.29 is 63.6 Å². The van der Waals surface area contributed by atoms with Crippen molar-refractivity contribution in [1.29, 1.82) is 0 Å². The SMILES string of the molecule is CC[C@H]1OC(=O)[C@H](C)[C@@H](O[C@H]2C[C@@](C)(OC)[C@@H](O)[C@H](C)O2)[C@H](C)[C@@H](O[C@@H]2O[C@H](C)C[C@H](N(C)C)[C@H]2O)[C@@](C)(O)C[C@@H](C)/C(=N\OC)[C@H](C)[C@@H](O)[C@]1(C)O. The summed E-state index contributed by atoms with van der Waals surface area (Å²) in [6.07, 6.45) is -9.08. The van der Waals surface area contributed by atoms with Gasteiger partial charge in [0, 0.05) is 37.3 Å². The van der Waals surface area contributed by atoms with Crippen molar-refractivity contribution in [2.75, 3.05) is 28.3 Å². The van der Waals surface area contributed by atoms with Crippen LogP contribution in [-0.4, -0.2) is 155 Å². The molecule has 0 unspecified atom stereocenters. The van der Waals surface area contributed by atoms with Gasteiger partial charge < -0.3 is 63.7 Å². The number of rotatable bonds is 8. The van der Waals surface area contributed by atoms with E-state index in [2.05, 4.69) is 5.16 Å². The molecule has 0 aromatic carbocycles. The maximum Gasteiger partial charge on any atom is 0.311 e. The van der Waals surface area contributed by atoms with Crippen LogP contribution >= 0.6 is 0 Å². The molecule has 0 saturated carbocycles. The number of ether oxygens (including phenoxy) is 6. The van der Waals surface area contributed by atoms with E-state index in [0.717, 1.165) is 0 Å². The number of hydrogen-bond acceptors (Lipinski definition) is 15. The smallest absolute Gasteiger partial charge is 0.311 e. The van der Waals surface area contributed by atoms with Crippen LogP contribution in [0.25, 0.3) is 0 Å². The lowest BCUT2D eigenvalue weighted by molar-refractivity contribution is -0.317. The zero-order chi connectivity index (χ0) is 40.4. The number of carbonyl (C=O) groups is 1. The van der Waals surface area contributed by atoms with Gasteiger partial charge in [0.15, 0.2) is 12.6 Å². The zero-order valence-electron chi connectivity index (χ0n) is 34.4. The van der Waals surface area contributed by atoms with Crippen LogP contribution < -0.4 is 0 Å². The number of carbonyl (C=O) groups excluding carboxylic acids is 1.